The molecule has 0 saturated heterocycles. The molecular formula is C2H5ClN2OS. The molecule has 0 aromatic carbocycles. The number of carbonyl (C=O) groups excluding carboxylic acids is 1. The Morgan fingerprint density at radius 1 is 1.86 bits per heavy atom. The van der Waals surface area contributed by atoms with Gasteiger partial charge >= 0.3 is 0 Å². The van der Waals surface area contributed by atoms with Gasteiger partial charge in [-0.15, -0.1) is 11.6 Å². The van der Waals surface area contributed by atoms with Crippen LogP contribution in [0.25, 0.3) is 0 Å². The first kappa shape index (κ1) is 7.07. The maximum atomic E-state index is 9.45. The molecule has 42 valence electrons. The van der Waals surface area contributed by atoms with E-state index in [2.05, 4.69) is 10.3 Å². The number of hydrogen-bond acceptors (Lipinski definition) is 3. The Hall–Kier alpha value is 0.0700. The van der Waals surface area contributed by atoms with Crippen LogP contribution in [-0.2, 0) is 4.79 Å². The van der Waals surface area contributed by atoms with Crippen molar-refractivity contribution in [3.05, 3.63) is 0 Å². The molecule has 0 rings (SSSR count). The van der Waals surface area contributed by atoms with Gasteiger partial charge < -0.3 is 0 Å². The molecule has 0 bridgehead atoms. The minimum Gasteiger partial charge on any atom is -0.284 e. The van der Waals surface area contributed by atoms with Gasteiger partial charge in [0.15, 0.2) is 0 Å². The summed E-state index contributed by atoms with van der Waals surface area (Å²) in [6, 6.07) is 0. The number of hydrogen-bond donors (Lipinski definition) is 2. The quantitative estimate of drug-likeness (QED) is 0.191. The van der Waals surface area contributed by atoms with Crippen LogP contribution < -0.4 is 10.3 Å². The fraction of sp³-hybridized carbons (Fsp3) is 0.500. The van der Waals surface area contributed by atoms with Gasteiger partial charge in [-0.1, -0.05) is 0 Å². The highest BCUT2D eigenvalue weighted by molar-refractivity contribution is 7.98. The lowest BCUT2D eigenvalue weighted by atomic mass is 11.4. The van der Waals surface area contributed by atoms with E-state index < -0.39 is 0 Å². The van der Waals surface area contributed by atoms with Crippen molar-refractivity contribution in [3.63, 3.8) is 0 Å². The smallest absolute Gasteiger partial charge is 0.221 e. The minimum atomic E-state index is 0.418. The van der Waals surface area contributed by atoms with Gasteiger partial charge in [-0.25, -0.2) is 0 Å². The van der Waals surface area contributed by atoms with Crippen molar-refractivity contribution in [2.24, 2.45) is 0 Å². The van der Waals surface area contributed by atoms with Gasteiger partial charge in [0.2, 0.25) is 6.41 Å². The van der Waals surface area contributed by atoms with E-state index in [0.717, 1.165) is 0 Å². The molecule has 7 heavy (non-hydrogen) atoms. The zero-order valence-electron chi connectivity index (χ0n) is 3.48. The van der Waals surface area contributed by atoms with Crippen LogP contribution in [0.5, 0.6) is 0 Å². The van der Waals surface area contributed by atoms with Gasteiger partial charge in [0, 0.05) is 0 Å². The molecule has 0 aliphatic rings. The van der Waals surface area contributed by atoms with Gasteiger partial charge in [0.25, 0.3) is 0 Å². The molecule has 0 heterocycles. The predicted molar refractivity (Wildman–Crippen MR) is 30.6 cm³/mol. The van der Waals surface area contributed by atoms with E-state index >= 15 is 0 Å². The SMILES string of the molecule is O=CNNSCCl. The third kappa shape index (κ3) is 6.07. The van der Waals surface area contributed by atoms with Crippen molar-refractivity contribution in [2.75, 3.05) is 5.21 Å². The number of carbonyl (C=O) groups is 1. The third-order valence-electron chi connectivity index (χ3n) is 0.245. The zero-order valence-corrected chi connectivity index (χ0v) is 5.05. The van der Waals surface area contributed by atoms with Crippen LogP contribution in [0.2, 0.25) is 0 Å². The molecule has 1 amide bonds. The second-order valence-corrected chi connectivity index (χ2v) is 1.98. The van der Waals surface area contributed by atoms with Gasteiger partial charge in [-0.05, 0) is 11.9 Å². The van der Waals surface area contributed by atoms with Crippen LogP contribution in [0.15, 0.2) is 0 Å². The van der Waals surface area contributed by atoms with Crippen molar-refractivity contribution < 1.29 is 4.79 Å². The van der Waals surface area contributed by atoms with E-state index in [1.807, 2.05) is 0 Å². The van der Waals surface area contributed by atoms with Crippen molar-refractivity contribution in [2.45, 2.75) is 0 Å². The first-order valence-corrected chi connectivity index (χ1v) is 3.05. The molecule has 2 N–H and O–H groups in total. The van der Waals surface area contributed by atoms with Gasteiger partial charge in [0.1, 0.15) is 0 Å². The fourth-order valence-electron chi connectivity index (χ4n) is 0.0930. The number of hydrazine groups is 1. The largest absolute Gasteiger partial charge is 0.284 e. The van der Waals surface area contributed by atoms with Crippen LogP contribution in [0.4, 0.5) is 0 Å². The Morgan fingerprint density at radius 3 is 3.00 bits per heavy atom. The maximum Gasteiger partial charge on any atom is 0.221 e. The predicted octanol–water partition coefficient (Wildman–Crippen LogP) is 0.0815. The first-order chi connectivity index (χ1) is 3.41. The number of nitrogens with one attached hydrogen (secondary N) is 2. The van der Waals surface area contributed by atoms with Crippen molar-refractivity contribution in [3.8, 4) is 0 Å². The molecule has 0 atom stereocenters. The summed E-state index contributed by atoms with van der Waals surface area (Å²) in [5.74, 6) is 0. The third-order valence-corrected chi connectivity index (χ3v) is 0.943. The number of rotatable bonds is 4. The Labute approximate surface area is 50.9 Å². The topological polar surface area (TPSA) is 41.1 Å². The normalized spacial score (nSPS) is 8.14. The monoisotopic (exact) mass is 140 g/mol. The summed E-state index contributed by atoms with van der Waals surface area (Å²) in [5.41, 5.74) is 2.20. The van der Waals surface area contributed by atoms with Crippen molar-refractivity contribution in [1.29, 1.82) is 0 Å². The summed E-state index contributed by atoms with van der Waals surface area (Å²) in [6.45, 7) is 0. The van der Waals surface area contributed by atoms with E-state index in [1.165, 1.54) is 11.9 Å². The lowest BCUT2D eigenvalue weighted by Crippen LogP contribution is -2.22. The van der Waals surface area contributed by atoms with E-state index in [4.69, 9.17) is 11.6 Å². The number of amides is 1. The summed E-state index contributed by atoms with van der Waals surface area (Å²) in [5, 5.41) is 0.418. The molecular weight excluding hydrogens is 136 g/mol. The summed E-state index contributed by atoms with van der Waals surface area (Å²) >= 11 is 6.39. The first-order valence-electron chi connectivity index (χ1n) is 1.53. The summed E-state index contributed by atoms with van der Waals surface area (Å²) in [4.78, 5) is 11.9. The second kappa shape index (κ2) is 6.07. The zero-order chi connectivity index (χ0) is 5.54. The average Bonchev–Trinajstić information content (AvgIpc) is 1.69. The molecule has 0 aliphatic carbocycles. The van der Waals surface area contributed by atoms with Crippen LogP contribution in [0, 0.1) is 0 Å². The fourth-order valence-corrected chi connectivity index (χ4v) is 0.443. The Bertz CT molecular complexity index is 53.0. The molecule has 0 aromatic rings. The van der Waals surface area contributed by atoms with E-state index in [1.54, 1.807) is 0 Å². The molecule has 0 radical (unpaired) electrons. The molecule has 0 aromatic heterocycles. The van der Waals surface area contributed by atoms with Crippen molar-refractivity contribution in [1.82, 2.24) is 10.3 Å². The summed E-state index contributed by atoms with van der Waals surface area (Å²) in [6.07, 6.45) is 0.541. The van der Waals surface area contributed by atoms with E-state index in [-0.39, 0.29) is 0 Å². The van der Waals surface area contributed by atoms with Crippen LogP contribution in [-0.4, -0.2) is 11.6 Å². The lowest BCUT2D eigenvalue weighted by molar-refractivity contribution is -0.109. The highest BCUT2D eigenvalue weighted by Crippen LogP contribution is 1.90. The molecule has 0 fully saturated rings. The van der Waals surface area contributed by atoms with E-state index in [9.17, 15) is 4.79 Å². The Balaban J connectivity index is 2.56. The lowest BCUT2D eigenvalue weighted by Gasteiger charge is -1.92. The number of halogens is 1. The number of alkyl halides is 1. The highest BCUT2D eigenvalue weighted by atomic mass is 35.5. The van der Waals surface area contributed by atoms with Crippen LogP contribution >= 0.6 is 23.5 Å². The Kier molecular flexibility index (Phi) is 6.13. The highest BCUT2D eigenvalue weighted by Gasteiger charge is 1.75. The average molecular weight is 141 g/mol. The maximum absolute atomic E-state index is 9.45. The van der Waals surface area contributed by atoms with Gasteiger partial charge in [-0.3, -0.25) is 10.2 Å². The minimum absolute atomic E-state index is 0.418. The molecule has 0 saturated carbocycles. The van der Waals surface area contributed by atoms with Gasteiger partial charge in [0.05, 0.1) is 5.21 Å². The summed E-state index contributed by atoms with van der Waals surface area (Å²) in [7, 11) is 0. The molecule has 0 unspecified atom stereocenters. The van der Waals surface area contributed by atoms with Crippen LogP contribution in [0.3, 0.4) is 0 Å². The van der Waals surface area contributed by atoms with Crippen molar-refractivity contribution >= 4 is 30.0 Å². The molecule has 0 spiro atoms. The molecule has 3 nitrogen and oxygen atoms in total. The van der Waals surface area contributed by atoms with E-state index in [0.29, 0.717) is 11.6 Å². The Morgan fingerprint density at radius 2 is 2.57 bits per heavy atom. The summed E-state index contributed by atoms with van der Waals surface area (Å²) < 4.78 is 0. The standard InChI is InChI=1S/C2H5ClN2OS/c3-1-7-5-4-2-6/h2,5H,1H2,(H,4,6). The van der Waals surface area contributed by atoms with Crippen LogP contribution in [0.1, 0.15) is 0 Å². The molecule has 5 heteroatoms. The second-order valence-electron chi connectivity index (χ2n) is 0.618. The van der Waals surface area contributed by atoms with Gasteiger partial charge in [-0.2, -0.15) is 4.83 Å². The molecule has 0 aliphatic heterocycles.